The maximum atomic E-state index is 12.0. The van der Waals surface area contributed by atoms with Crippen LogP contribution in [0.5, 0.6) is 0 Å². The van der Waals surface area contributed by atoms with Crippen molar-refractivity contribution in [2.24, 2.45) is 5.92 Å². The van der Waals surface area contributed by atoms with E-state index in [0.29, 0.717) is 10.6 Å². The highest BCUT2D eigenvalue weighted by atomic mass is 32.1. The molecule has 0 saturated carbocycles. The smallest absolute Gasteiger partial charge is 0.339 e. The lowest BCUT2D eigenvalue weighted by atomic mass is 9.97. The van der Waals surface area contributed by atoms with E-state index >= 15 is 0 Å². The zero-order valence-corrected chi connectivity index (χ0v) is 15.6. The standard InChI is InChI=1S/C19H29NO3S/c1-13(2)17(21)20-18-16(19(22)23)14-11-9-7-5-3-4-6-8-10-12-15(14)24-18/h13H,3-12H2,1-2H3,(H,20,21)(H,22,23). The van der Waals surface area contributed by atoms with Crippen LogP contribution in [0.3, 0.4) is 0 Å². The summed E-state index contributed by atoms with van der Waals surface area (Å²) in [7, 11) is 0. The maximum Gasteiger partial charge on any atom is 0.339 e. The minimum Gasteiger partial charge on any atom is -0.478 e. The summed E-state index contributed by atoms with van der Waals surface area (Å²) in [4.78, 5) is 25.0. The Labute approximate surface area is 148 Å². The maximum absolute atomic E-state index is 12.0. The average molecular weight is 352 g/mol. The van der Waals surface area contributed by atoms with Gasteiger partial charge in [0, 0.05) is 10.8 Å². The first-order valence-corrected chi connectivity index (χ1v) is 10.0. The largest absolute Gasteiger partial charge is 0.478 e. The van der Waals surface area contributed by atoms with Gasteiger partial charge in [-0.15, -0.1) is 11.3 Å². The molecule has 1 amide bonds. The van der Waals surface area contributed by atoms with Crippen LogP contribution >= 0.6 is 11.3 Å². The molecule has 4 nitrogen and oxygen atoms in total. The number of amides is 1. The molecule has 2 N–H and O–H groups in total. The van der Waals surface area contributed by atoms with Gasteiger partial charge in [-0.25, -0.2) is 4.79 Å². The van der Waals surface area contributed by atoms with Gasteiger partial charge >= 0.3 is 5.97 Å². The summed E-state index contributed by atoms with van der Waals surface area (Å²) >= 11 is 1.47. The van der Waals surface area contributed by atoms with E-state index in [1.54, 1.807) is 0 Å². The van der Waals surface area contributed by atoms with Crippen LogP contribution < -0.4 is 5.32 Å². The Hall–Kier alpha value is -1.36. The highest BCUT2D eigenvalue weighted by Gasteiger charge is 2.24. The number of aryl methyl sites for hydroxylation is 1. The van der Waals surface area contributed by atoms with E-state index in [1.807, 2.05) is 13.8 Å². The second-order valence-electron chi connectivity index (χ2n) is 6.99. The van der Waals surface area contributed by atoms with E-state index in [4.69, 9.17) is 0 Å². The predicted molar refractivity (Wildman–Crippen MR) is 99.1 cm³/mol. The number of carboxylic acids is 1. The molecule has 0 atom stereocenters. The third kappa shape index (κ3) is 5.07. The van der Waals surface area contributed by atoms with Crippen LogP contribution in [0.4, 0.5) is 5.00 Å². The van der Waals surface area contributed by atoms with Crippen LogP contribution in [-0.4, -0.2) is 17.0 Å². The Morgan fingerprint density at radius 1 is 0.958 bits per heavy atom. The van der Waals surface area contributed by atoms with E-state index in [1.165, 1.54) is 43.4 Å². The number of carbonyl (C=O) groups is 2. The fourth-order valence-corrected chi connectivity index (χ4v) is 4.48. The van der Waals surface area contributed by atoms with Crippen molar-refractivity contribution in [3.63, 3.8) is 0 Å². The van der Waals surface area contributed by atoms with Crippen LogP contribution in [0, 0.1) is 5.92 Å². The molecule has 0 aliphatic heterocycles. The second kappa shape index (κ2) is 9.21. The van der Waals surface area contributed by atoms with E-state index in [9.17, 15) is 14.7 Å². The SMILES string of the molecule is CC(C)C(=O)Nc1sc2c(c1C(=O)O)CCCCCCCCCC2. The molecule has 0 aromatic carbocycles. The van der Waals surface area contributed by atoms with Gasteiger partial charge in [0.2, 0.25) is 5.91 Å². The first kappa shape index (κ1) is 19.0. The number of hydrogen-bond acceptors (Lipinski definition) is 3. The van der Waals surface area contributed by atoms with Crippen LogP contribution in [0.1, 0.15) is 86.0 Å². The predicted octanol–water partition coefficient (Wildman–Crippen LogP) is 5.26. The summed E-state index contributed by atoms with van der Waals surface area (Å²) in [5.74, 6) is -1.19. The van der Waals surface area contributed by atoms with Crippen molar-refractivity contribution in [2.75, 3.05) is 5.32 Å². The first-order chi connectivity index (χ1) is 11.5. The van der Waals surface area contributed by atoms with Crippen LogP contribution in [0.25, 0.3) is 0 Å². The van der Waals surface area contributed by atoms with Gasteiger partial charge in [-0.05, 0) is 31.2 Å². The number of anilines is 1. The van der Waals surface area contributed by atoms with Gasteiger partial charge in [0.05, 0.1) is 5.56 Å². The molecule has 1 heterocycles. The van der Waals surface area contributed by atoms with Crippen molar-refractivity contribution in [3.05, 3.63) is 16.0 Å². The number of carbonyl (C=O) groups excluding carboxylic acids is 1. The average Bonchev–Trinajstić information content (AvgIpc) is 2.84. The molecule has 0 bridgehead atoms. The summed E-state index contributed by atoms with van der Waals surface area (Å²) in [6.07, 6.45) is 11.3. The monoisotopic (exact) mass is 351 g/mol. The Bertz CT molecular complexity index is 577. The summed E-state index contributed by atoms with van der Waals surface area (Å²) in [6, 6.07) is 0. The Morgan fingerprint density at radius 2 is 1.50 bits per heavy atom. The number of thiophene rings is 1. The molecule has 24 heavy (non-hydrogen) atoms. The Kier molecular flexibility index (Phi) is 7.28. The van der Waals surface area contributed by atoms with E-state index in [2.05, 4.69) is 5.32 Å². The summed E-state index contributed by atoms with van der Waals surface area (Å²) in [5.41, 5.74) is 1.30. The van der Waals surface area contributed by atoms with Gasteiger partial charge in [-0.3, -0.25) is 4.79 Å². The molecule has 0 fully saturated rings. The highest BCUT2D eigenvalue weighted by Crippen LogP contribution is 2.36. The minimum absolute atomic E-state index is 0.116. The Balaban J connectivity index is 2.30. The summed E-state index contributed by atoms with van der Waals surface area (Å²) < 4.78 is 0. The van der Waals surface area contributed by atoms with Crippen molar-refractivity contribution in [1.29, 1.82) is 0 Å². The number of aromatic carboxylic acids is 1. The molecule has 134 valence electrons. The molecule has 0 unspecified atom stereocenters. The number of nitrogens with one attached hydrogen (secondary N) is 1. The summed E-state index contributed by atoms with van der Waals surface area (Å²) in [6.45, 7) is 3.64. The van der Waals surface area contributed by atoms with Crippen LogP contribution in [-0.2, 0) is 17.6 Å². The number of rotatable bonds is 3. The molecule has 0 spiro atoms. The fraction of sp³-hybridized carbons (Fsp3) is 0.684. The lowest BCUT2D eigenvalue weighted by Crippen LogP contribution is -2.18. The van der Waals surface area contributed by atoms with Crippen molar-refractivity contribution >= 4 is 28.2 Å². The number of hydrogen-bond donors (Lipinski definition) is 2. The molecule has 2 rings (SSSR count). The van der Waals surface area contributed by atoms with Gasteiger partial charge in [-0.2, -0.15) is 0 Å². The Morgan fingerprint density at radius 3 is 2.04 bits per heavy atom. The van der Waals surface area contributed by atoms with Crippen molar-refractivity contribution in [1.82, 2.24) is 0 Å². The number of fused-ring (bicyclic) bond motifs is 1. The number of carboxylic acid groups (broad SMARTS) is 1. The lowest BCUT2D eigenvalue weighted by molar-refractivity contribution is -0.118. The van der Waals surface area contributed by atoms with Crippen LogP contribution in [0.2, 0.25) is 0 Å². The molecule has 1 aromatic rings. The third-order valence-corrected chi connectivity index (χ3v) is 5.85. The topological polar surface area (TPSA) is 66.4 Å². The van der Waals surface area contributed by atoms with Gasteiger partial charge < -0.3 is 10.4 Å². The molecular weight excluding hydrogens is 322 g/mol. The lowest BCUT2D eigenvalue weighted by Gasteiger charge is -2.09. The normalized spacial score (nSPS) is 16.8. The fourth-order valence-electron chi connectivity index (χ4n) is 3.20. The molecule has 1 aromatic heterocycles. The van der Waals surface area contributed by atoms with Crippen molar-refractivity contribution in [3.8, 4) is 0 Å². The van der Waals surface area contributed by atoms with Crippen molar-refractivity contribution < 1.29 is 14.7 Å². The van der Waals surface area contributed by atoms with E-state index in [0.717, 1.165) is 42.5 Å². The molecule has 0 radical (unpaired) electrons. The van der Waals surface area contributed by atoms with Crippen LogP contribution in [0.15, 0.2) is 0 Å². The molecular formula is C19H29NO3S. The quantitative estimate of drug-likeness (QED) is 0.780. The van der Waals surface area contributed by atoms with E-state index in [-0.39, 0.29) is 11.8 Å². The zero-order chi connectivity index (χ0) is 17.5. The summed E-state index contributed by atoms with van der Waals surface area (Å²) in [5, 5.41) is 13.1. The van der Waals surface area contributed by atoms with Gasteiger partial charge in [0.15, 0.2) is 0 Å². The van der Waals surface area contributed by atoms with Gasteiger partial charge in [0.25, 0.3) is 0 Å². The highest BCUT2D eigenvalue weighted by molar-refractivity contribution is 7.17. The second-order valence-corrected chi connectivity index (χ2v) is 8.09. The minimum atomic E-state index is -0.918. The van der Waals surface area contributed by atoms with Gasteiger partial charge in [-0.1, -0.05) is 52.4 Å². The molecule has 1 aliphatic carbocycles. The molecule has 0 saturated heterocycles. The molecule has 1 aliphatic rings. The molecule has 5 heteroatoms. The third-order valence-electron chi connectivity index (χ3n) is 4.65. The van der Waals surface area contributed by atoms with Crippen molar-refractivity contribution in [2.45, 2.75) is 78.1 Å². The van der Waals surface area contributed by atoms with E-state index < -0.39 is 5.97 Å². The first-order valence-electron chi connectivity index (χ1n) is 9.19. The van der Waals surface area contributed by atoms with Gasteiger partial charge in [0.1, 0.15) is 5.00 Å². The zero-order valence-electron chi connectivity index (χ0n) is 14.8.